The fraction of sp³-hybridized carbons (Fsp3) is 0.438. The summed E-state index contributed by atoms with van der Waals surface area (Å²) in [6, 6.07) is 5.95. The summed E-state index contributed by atoms with van der Waals surface area (Å²) in [6.07, 6.45) is 1.96. The lowest BCUT2D eigenvalue weighted by molar-refractivity contribution is -0.118. The van der Waals surface area contributed by atoms with Crippen LogP contribution in [0.5, 0.6) is 5.75 Å². The van der Waals surface area contributed by atoms with Crippen molar-refractivity contribution in [2.45, 2.75) is 18.8 Å². The summed E-state index contributed by atoms with van der Waals surface area (Å²) in [7, 11) is 1.73. The molecule has 1 aliphatic rings. The highest BCUT2D eigenvalue weighted by Crippen LogP contribution is 2.23. The number of amides is 1. The molecule has 0 saturated carbocycles. The Balaban J connectivity index is 0.00000225. The fourth-order valence-corrected chi connectivity index (χ4v) is 2.63. The van der Waals surface area contributed by atoms with Crippen LogP contribution >= 0.6 is 12.4 Å². The molecular formula is C16H21ClFN5O2. The maximum atomic E-state index is 13.5. The highest BCUT2D eigenvalue weighted by Gasteiger charge is 2.21. The van der Waals surface area contributed by atoms with E-state index >= 15 is 0 Å². The number of anilines is 1. The molecule has 2 heterocycles. The molecule has 3 rings (SSSR count). The van der Waals surface area contributed by atoms with Gasteiger partial charge in [0.05, 0.1) is 0 Å². The van der Waals surface area contributed by atoms with E-state index in [0.717, 1.165) is 31.8 Å². The number of hydrogen-bond acceptors (Lipinski definition) is 5. The molecule has 1 aromatic heterocycles. The van der Waals surface area contributed by atoms with Gasteiger partial charge in [-0.1, -0.05) is 12.1 Å². The van der Waals surface area contributed by atoms with Crippen LogP contribution in [0.2, 0.25) is 0 Å². The number of carbonyl (C=O) groups is 1. The predicted molar refractivity (Wildman–Crippen MR) is 93.6 cm³/mol. The van der Waals surface area contributed by atoms with Crippen LogP contribution in [0.1, 0.15) is 24.6 Å². The molecule has 1 fully saturated rings. The number of para-hydroxylation sites is 1. The third kappa shape index (κ3) is 4.90. The number of aromatic nitrogens is 3. The zero-order valence-electron chi connectivity index (χ0n) is 13.9. The molecule has 7 nitrogen and oxygen atoms in total. The molecule has 0 bridgehead atoms. The summed E-state index contributed by atoms with van der Waals surface area (Å²) in [5, 5.41) is 10.3. The smallest absolute Gasteiger partial charge is 0.264 e. The molecule has 1 saturated heterocycles. The van der Waals surface area contributed by atoms with Crippen molar-refractivity contribution in [3.63, 3.8) is 0 Å². The van der Waals surface area contributed by atoms with Gasteiger partial charge in [-0.2, -0.15) is 10.1 Å². The Labute approximate surface area is 151 Å². The van der Waals surface area contributed by atoms with E-state index in [-0.39, 0.29) is 24.8 Å². The molecule has 2 aromatic rings. The Bertz CT molecular complexity index is 718. The summed E-state index contributed by atoms with van der Waals surface area (Å²) in [5.41, 5.74) is 0. The zero-order valence-corrected chi connectivity index (χ0v) is 14.7. The molecule has 2 N–H and O–H groups in total. The Morgan fingerprint density at radius 3 is 2.84 bits per heavy atom. The summed E-state index contributed by atoms with van der Waals surface area (Å²) < 4.78 is 20.2. The van der Waals surface area contributed by atoms with Crippen LogP contribution in [0.4, 0.5) is 10.3 Å². The SMILES string of the molecule is Cl.Cn1nc(C2CCNCC2)nc1NC(=O)COc1ccccc1F. The molecule has 1 aliphatic heterocycles. The van der Waals surface area contributed by atoms with E-state index in [4.69, 9.17) is 4.74 Å². The number of piperidine rings is 1. The number of nitrogens with one attached hydrogen (secondary N) is 2. The summed E-state index contributed by atoms with van der Waals surface area (Å²) in [5.74, 6) is 0.538. The maximum Gasteiger partial charge on any atom is 0.264 e. The molecule has 1 aromatic carbocycles. The lowest BCUT2D eigenvalue weighted by atomic mass is 9.98. The third-order valence-electron chi connectivity index (χ3n) is 3.93. The lowest BCUT2D eigenvalue weighted by Crippen LogP contribution is -2.27. The number of nitrogens with zero attached hydrogens (tertiary/aromatic N) is 3. The minimum Gasteiger partial charge on any atom is -0.481 e. The quantitative estimate of drug-likeness (QED) is 0.840. The van der Waals surface area contributed by atoms with E-state index in [1.54, 1.807) is 23.9 Å². The average molecular weight is 370 g/mol. The van der Waals surface area contributed by atoms with Gasteiger partial charge in [0.1, 0.15) is 0 Å². The van der Waals surface area contributed by atoms with Crippen molar-refractivity contribution in [2.75, 3.05) is 25.0 Å². The van der Waals surface area contributed by atoms with Gasteiger partial charge in [-0.05, 0) is 38.1 Å². The van der Waals surface area contributed by atoms with Crippen molar-refractivity contribution < 1.29 is 13.9 Å². The summed E-state index contributed by atoms with van der Waals surface area (Å²) in [4.78, 5) is 16.4. The van der Waals surface area contributed by atoms with E-state index in [1.807, 2.05) is 0 Å². The fourth-order valence-electron chi connectivity index (χ4n) is 2.63. The normalized spacial score (nSPS) is 14.6. The van der Waals surface area contributed by atoms with Gasteiger partial charge in [-0.3, -0.25) is 10.1 Å². The molecule has 136 valence electrons. The van der Waals surface area contributed by atoms with Gasteiger partial charge in [0, 0.05) is 13.0 Å². The van der Waals surface area contributed by atoms with Crippen molar-refractivity contribution in [3.05, 3.63) is 35.9 Å². The van der Waals surface area contributed by atoms with Gasteiger partial charge in [0.15, 0.2) is 24.0 Å². The third-order valence-corrected chi connectivity index (χ3v) is 3.93. The highest BCUT2D eigenvalue weighted by atomic mass is 35.5. The monoisotopic (exact) mass is 369 g/mol. The first kappa shape index (κ1) is 19.1. The van der Waals surface area contributed by atoms with E-state index in [0.29, 0.717) is 11.9 Å². The van der Waals surface area contributed by atoms with Gasteiger partial charge >= 0.3 is 0 Å². The standard InChI is InChI=1S/C16H20FN5O2.ClH/c1-22-16(20-15(21-22)11-6-8-18-9-7-11)19-14(23)10-24-13-5-3-2-4-12(13)17;/h2-5,11,18H,6-10H2,1H3,(H,19,20,21,23);1H. The van der Waals surface area contributed by atoms with Crippen LogP contribution in [0.15, 0.2) is 24.3 Å². The first-order valence-electron chi connectivity index (χ1n) is 7.92. The number of rotatable bonds is 5. The van der Waals surface area contributed by atoms with Crippen LogP contribution in [0.25, 0.3) is 0 Å². The first-order valence-corrected chi connectivity index (χ1v) is 7.92. The Morgan fingerprint density at radius 2 is 2.12 bits per heavy atom. The van der Waals surface area contributed by atoms with Gasteiger partial charge in [0.2, 0.25) is 5.95 Å². The summed E-state index contributed by atoms with van der Waals surface area (Å²) >= 11 is 0. The van der Waals surface area contributed by atoms with Gasteiger partial charge in [-0.25, -0.2) is 9.07 Å². The number of halogens is 2. The number of ether oxygens (including phenoxy) is 1. The molecule has 0 spiro atoms. The first-order chi connectivity index (χ1) is 11.6. The minimum absolute atomic E-state index is 0. The Kier molecular flexibility index (Phi) is 6.72. The number of carbonyl (C=O) groups excluding carboxylic acids is 1. The van der Waals surface area contributed by atoms with Gasteiger partial charge in [-0.15, -0.1) is 12.4 Å². The topological polar surface area (TPSA) is 81.1 Å². The van der Waals surface area contributed by atoms with Gasteiger partial charge in [0.25, 0.3) is 5.91 Å². The van der Waals surface area contributed by atoms with Crippen molar-refractivity contribution in [1.29, 1.82) is 0 Å². The average Bonchev–Trinajstić information content (AvgIpc) is 2.96. The Morgan fingerprint density at radius 1 is 1.40 bits per heavy atom. The second kappa shape index (κ2) is 8.77. The molecule has 0 atom stereocenters. The van der Waals surface area contributed by atoms with Crippen molar-refractivity contribution >= 4 is 24.3 Å². The number of benzene rings is 1. The van der Waals surface area contributed by atoms with Crippen molar-refractivity contribution in [1.82, 2.24) is 20.1 Å². The van der Waals surface area contributed by atoms with Crippen molar-refractivity contribution in [2.24, 2.45) is 7.05 Å². The van der Waals surface area contributed by atoms with Crippen LogP contribution in [0, 0.1) is 5.82 Å². The lowest BCUT2D eigenvalue weighted by Gasteiger charge is -2.19. The molecular weight excluding hydrogens is 349 g/mol. The second-order valence-electron chi connectivity index (χ2n) is 5.71. The molecule has 0 aliphatic carbocycles. The molecule has 0 radical (unpaired) electrons. The van der Waals surface area contributed by atoms with E-state index in [9.17, 15) is 9.18 Å². The van der Waals surface area contributed by atoms with E-state index < -0.39 is 11.7 Å². The van der Waals surface area contributed by atoms with Crippen LogP contribution in [0.3, 0.4) is 0 Å². The van der Waals surface area contributed by atoms with Crippen LogP contribution in [-0.2, 0) is 11.8 Å². The second-order valence-corrected chi connectivity index (χ2v) is 5.71. The summed E-state index contributed by atoms with van der Waals surface area (Å²) in [6.45, 7) is 1.60. The highest BCUT2D eigenvalue weighted by molar-refractivity contribution is 5.90. The zero-order chi connectivity index (χ0) is 16.9. The largest absolute Gasteiger partial charge is 0.481 e. The predicted octanol–water partition coefficient (Wildman–Crippen LogP) is 1.86. The van der Waals surface area contributed by atoms with Gasteiger partial charge < -0.3 is 10.1 Å². The van der Waals surface area contributed by atoms with E-state index in [2.05, 4.69) is 20.7 Å². The number of aryl methyl sites for hydroxylation is 1. The van der Waals surface area contributed by atoms with Crippen LogP contribution in [-0.4, -0.2) is 40.4 Å². The minimum atomic E-state index is -0.503. The number of hydrogen-bond donors (Lipinski definition) is 2. The molecule has 9 heteroatoms. The van der Waals surface area contributed by atoms with Crippen LogP contribution < -0.4 is 15.4 Å². The Hall–Kier alpha value is -2.19. The maximum absolute atomic E-state index is 13.5. The molecule has 0 unspecified atom stereocenters. The van der Waals surface area contributed by atoms with Crippen molar-refractivity contribution in [3.8, 4) is 5.75 Å². The molecule has 25 heavy (non-hydrogen) atoms. The molecule has 1 amide bonds. The van der Waals surface area contributed by atoms with E-state index in [1.165, 1.54) is 12.1 Å².